The number of carboxylic acid groups (broad SMARTS) is 1. The first-order chi connectivity index (χ1) is 11.4. The summed E-state index contributed by atoms with van der Waals surface area (Å²) in [7, 11) is -1.99. The van der Waals surface area contributed by atoms with Crippen molar-refractivity contribution >= 4 is 16.0 Å². The average Bonchev–Trinajstić information content (AvgIpc) is 3.14. The number of hydrogen-bond donors (Lipinski definition) is 1. The maximum absolute atomic E-state index is 13.1. The van der Waals surface area contributed by atoms with E-state index in [1.54, 1.807) is 25.4 Å². The molecular formula is C16H17N3O4S. The average molecular weight is 347 g/mol. The molecule has 2 aliphatic rings. The molecule has 2 heterocycles. The van der Waals surface area contributed by atoms with Gasteiger partial charge in [-0.05, 0) is 30.0 Å². The smallest absolute Gasteiger partial charge is 0.336 e. The molecule has 4 rings (SSSR count). The Balaban J connectivity index is 1.73. The molecule has 0 unspecified atom stereocenters. The lowest BCUT2D eigenvalue weighted by Crippen LogP contribution is -2.26. The van der Waals surface area contributed by atoms with Crippen molar-refractivity contribution in [3.8, 4) is 0 Å². The zero-order chi connectivity index (χ0) is 17.1. The van der Waals surface area contributed by atoms with Crippen molar-refractivity contribution in [2.45, 2.75) is 36.7 Å². The first-order valence-electron chi connectivity index (χ1n) is 7.75. The van der Waals surface area contributed by atoms with Gasteiger partial charge in [-0.3, -0.25) is 4.68 Å². The molecule has 8 heteroatoms. The van der Waals surface area contributed by atoms with E-state index < -0.39 is 16.0 Å². The third kappa shape index (κ3) is 2.33. The molecule has 0 radical (unpaired) electrons. The van der Waals surface area contributed by atoms with E-state index in [-0.39, 0.29) is 29.5 Å². The van der Waals surface area contributed by atoms with Crippen LogP contribution in [0.5, 0.6) is 0 Å². The van der Waals surface area contributed by atoms with Gasteiger partial charge >= 0.3 is 5.97 Å². The second-order valence-corrected chi connectivity index (χ2v) is 8.25. The highest BCUT2D eigenvalue weighted by atomic mass is 32.2. The van der Waals surface area contributed by atoms with Crippen molar-refractivity contribution in [2.24, 2.45) is 7.05 Å². The fourth-order valence-electron chi connectivity index (χ4n) is 3.22. The summed E-state index contributed by atoms with van der Waals surface area (Å²) in [4.78, 5) is 11.6. The van der Waals surface area contributed by atoms with Crippen LogP contribution in [0.25, 0.3) is 0 Å². The zero-order valence-electron chi connectivity index (χ0n) is 13.1. The minimum Gasteiger partial charge on any atom is -0.478 e. The van der Waals surface area contributed by atoms with Gasteiger partial charge in [-0.15, -0.1) is 0 Å². The molecule has 1 saturated carbocycles. The summed E-state index contributed by atoms with van der Waals surface area (Å²) in [6.45, 7) is 0.275. The Morgan fingerprint density at radius 2 is 2.04 bits per heavy atom. The maximum atomic E-state index is 13.1. The van der Waals surface area contributed by atoms with Crippen molar-refractivity contribution in [1.29, 1.82) is 0 Å². The summed E-state index contributed by atoms with van der Waals surface area (Å²) in [6, 6.07) is 4.94. The van der Waals surface area contributed by atoms with Crippen LogP contribution in [0.2, 0.25) is 0 Å². The first-order valence-corrected chi connectivity index (χ1v) is 9.19. The summed E-state index contributed by atoms with van der Waals surface area (Å²) in [6.07, 6.45) is 3.47. The van der Waals surface area contributed by atoms with Crippen LogP contribution in [0.1, 0.15) is 45.9 Å². The molecule has 0 spiro atoms. The lowest BCUT2D eigenvalue weighted by Gasteiger charge is -2.15. The lowest BCUT2D eigenvalue weighted by molar-refractivity contribution is 0.0695. The van der Waals surface area contributed by atoms with Crippen molar-refractivity contribution in [3.05, 3.63) is 46.8 Å². The molecule has 0 atom stereocenters. The highest BCUT2D eigenvalue weighted by Crippen LogP contribution is 2.43. The van der Waals surface area contributed by atoms with E-state index in [0.717, 1.165) is 18.4 Å². The fourth-order valence-corrected chi connectivity index (χ4v) is 4.87. The van der Waals surface area contributed by atoms with E-state index in [9.17, 15) is 18.3 Å². The molecule has 1 aromatic carbocycles. The number of hydrogen-bond acceptors (Lipinski definition) is 4. The Hall–Kier alpha value is -2.19. The monoisotopic (exact) mass is 347 g/mol. The normalized spacial score (nSPS) is 17.9. The summed E-state index contributed by atoms with van der Waals surface area (Å²) >= 11 is 0. The van der Waals surface area contributed by atoms with Crippen molar-refractivity contribution < 1.29 is 18.3 Å². The molecular weight excluding hydrogens is 330 g/mol. The Kier molecular flexibility index (Phi) is 3.29. The van der Waals surface area contributed by atoms with Crippen LogP contribution in [0.3, 0.4) is 0 Å². The molecule has 1 aliphatic carbocycles. The molecule has 1 fully saturated rings. The number of sulfonamides is 1. The largest absolute Gasteiger partial charge is 0.478 e. The van der Waals surface area contributed by atoms with Gasteiger partial charge in [-0.25, -0.2) is 13.2 Å². The zero-order valence-corrected chi connectivity index (χ0v) is 14.0. The number of rotatable bonds is 4. The van der Waals surface area contributed by atoms with Crippen molar-refractivity contribution in [3.63, 3.8) is 0 Å². The summed E-state index contributed by atoms with van der Waals surface area (Å²) in [5.41, 5.74) is 2.12. The van der Waals surface area contributed by atoms with Gasteiger partial charge in [0.2, 0.25) is 10.0 Å². The van der Waals surface area contributed by atoms with Crippen LogP contribution in [-0.2, 0) is 30.2 Å². The second-order valence-electron chi connectivity index (χ2n) is 6.35. The molecule has 0 bridgehead atoms. The van der Waals surface area contributed by atoms with Crippen LogP contribution in [-0.4, -0.2) is 33.6 Å². The topological polar surface area (TPSA) is 92.5 Å². The minimum atomic E-state index is -3.71. The van der Waals surface area contributed by atoms with E-state index in [1.807, 2.05) is 0 Å². The summed E-state index contributed by atoms with van der Waals surface area (Å²) in [5, 5.41) is 13.6. The van der Waals surface area contributed by atoms with Gasteiger partial charge in [0.05, 0.1) is 11.3 Å². The Morgan fingerprint density at radius 1 is 1.29 bits per heavy atom. The number of aromatic carboxylic acids is 1. The van der Waals surface area contributed by atoms with Gasteiger partial charge < -0.3 is 5.11 Å². The van der Waals surface area contributed by atoms with Crippen LogP contribution in [0.4, 0.5) is 0 Å². The van der Waals surface area contributed by atoms with Gasteiger partial charge in [0.15, 0.2) is 0 Å². The van der Waals surface area contributed by atoms with Crippen LogP contribution in [0, 0.1) is 0 Å². The Labute approximate surface area is 139 Å². The van der Waals surface area contributed by atoms with Crippen molar-refractivity contribution in [2.75, 3.05) is 0 Å². The molecule has 1 aromatic heterocycles. The fraction of sp³-hybridized carbons (Fsp3) is 0.375. The minimum absolute atomic E-state index is 0.0825. The SMILES string of the molecule is Cn1cc(S(=O)(=O)N2Cc3cccc(C(=O)O)c3C2)c(C2CC2)n1. The van der Waals surface area contributed by atoms with Gasteiger partial charge in [-0.2, -0.15) is 9.40 Å². The number of carbonyl (C=O) groups is 1. The van der Waals surface area contributed by atoms with Gasteiger partial charge in [0.25, 0.3) is 0 Å². The highest BCUT2D eigenvalue weighted by molar-refractivity contribution is 7.89. The standard InChI is InChI=1S/C16H17N3O4S/c1-18-9-14(15(17-18)10-5-6-10)24(22,23)19-7-11-3-2-4-12(16(20)21)13(11)8-19/h2-4,9-10H,5-8H2,1H3,(H,20,21). The number of aromatic nitrogens is 2. The first kappa shape index (κ1) is 15.3. The molecule has 7 nitrogen and oxygen atoms in total. The number of fused-ring (bicyclic) bond motifs is 1. The second kappa shape index (κ2) is 5.15. The number of benzene rings is 1. The van der Waals surface area contributed by atoms with Gasteiger partial charge in [0, 0.05) is 32.3 Å². The van der Waals surface area contributed by atoms with E-state index in [4.69, 9.17) is 0 Å². The molecule has 2 aromatic rings. The Morgan fingerprint density at radius 3 is 2.71 bits per heavy atom. The highest BCUT2D eigenvalue weighted by Gasteiger charge is 2.39. The van der Waals surface area contributed by atoms with Crippen LogP contribution < -0.4 is 0 Å². The third-order valence-electron chi connectivity index (χ3n) is 4.59. The molecule has 0 amide bonds. The molecule has 1 N–H and O–H groups in total. The summed E-state index contributed by atoms with van der Waals surface area (Å²) in [5.74, 6) is -0.818. The molecule has 0 saturated heterocycles. The van der Waals surface area contributed by atoms with Gasteiger partial charge in [0.1, 0.15) is 4.90 Å². The van der Waals surface area contributed by atoms with Gasteiger partial charge in [-0.1, -0.05) is 12.1 Å². The van der Waals surface area contributed by atoms with E-state index in [0.29, 0.717) is 11.3 Å². The van der Waals surface area contributed by atoms with E-state index >= 15 is 0 Å². The number of nitrogens with zero attached hydrogens (tertiary/aromatic N) is 3. The number of aryl methyl sites for hydroxylation is 1. The van der Waals surface area contributed by atoms with Crippen LogP contribution in [0.15, 0.2) is 29.3 Å². The summed E-state index contributed by atoms with van der Waals surface area (Å²) < 4.78 is 29.0. The lowest BCUT2D eigenvalue weighted by atomic mass is 10.0. The predicted octanol–water partition coefficient (Wildman–Crippen LogP) is 1.70. The quantitative estimate of drug-likeness (QED) is 0.909. The molecule has 1 aliphatic heterocycles. The predicted molar refractivity (Wildman–Crippen MR) is 85.0 cm³/mol. The third-order valence-corrected chi connectivity index (χ3v) is 6.40. The van der Waals surface area contributed by atoms with E-state index in [1.165, 1.54) is 15.1 Å². The van der Waals surface area contributed by atoms with E-state index in [2.05, 4.69) is 5.10 Å². The molecule has 126 valence electrons. The maximum Gasteiger partial charge on any atom is 0.336 e. The van der Waals surface area contributed by atoms with Crippen molar-refractivity contribution in [1.82, 2.24) is 14.1 Å². The Bertz CT molecular complexity index is 944. The number of carboxylic acids is 1. The molecule has 24 heavy (non-hydrogen) atoms. The van der Waals surface area contributed by atoms with Crippen LogP contribution >= 0.6 is 0 Å².